The summed E-state index contributed by atoms with van der Waals surface area (Å²) in [7, 11) is 0. The van der Waals surface area contributed by atoms with Crippen LogP contribution in [0.1, 0.15) is 23.2 Å². The van der Waals surface area contributed by atoms with E-state index < -0.39 is 0 Å². The van der Waals surface area contributed by atoms with Gasteiger partial charge in [0, 0.05) is 13.2 Å². The molecular formula is C20H22N2O4. The highest BCUT2D eigenvalue weighted by molar-refractivity contribution is 6.04. The quantitative estimate of drug-likeness (QED) is 0.801. The van der Waals surface area contributed by atoms with Crippen molar-refractivity contribution in [1.29, 1.82) is 0 Å². The van der Waals surface area contributed by atoms with Crippen LogP contribution < -0.4 is 15.4 Å². The SMILES string of the molecule is O=C(COc1ccccc1)Nc1ccccc1C(=O)NC[C@@H]1CCCO1. The second-order valence-electron chi connectivity index (χ2n) is 6.04. The topological polar surface area (TPSA) is 76.7 Å². The van der Waals surface area contributed by atoms with Gasteiger partial charge in [0.2, 0.25) is 0 Å². The van der Waals surface area contributed by atoms with Crippen molar-refractivity contribution in [2.24, 2.45) is 0 Å². The molecule has 0 radical (unpaired) electrons. The average molecular weight is 354 g/mol. The third kappa shape index (κ3) is 5.07. The maximum atomic E-state index is 12.4. The fraction of sp³-hybridized carbons (Fsp3) is 0.300. The maximum Gasteiger partial charge on any atom is 0.262 e. The molecule has 0 aromatic heterocycles. The molecule has 1 aliphatic rings. The summed E-state index contributed by atoms with van der Waals surface area (Å²) in [6.45, 7) is 1.09. The molecule has 0 unspecified atom stereocenters. The first kappa shape index (κ1) is 17.9. The molecule has 1 fully saturated rings. The normalized spacial score (nSPS) is 16.1. The van der Waals surface area contributed by atoms with Gasteiger partial charge in [0.1, 0.15) is 5.75 Å². The molecular weight excluding hydrogens is 332 g/mol. The number of para-hydroxylation sites is 2. The fourth-order valence-corrected chi connectivity index (χ4v) is 2.75. The van der Waals surface area contributed by atoms with E-state index in [0.29, 0.717) is 23.5 Å². The van der Waals surface area contributed by atoms with Crippen LogP contribution >= 0.6 is 0 Å². The van der Waals surface area contributed by atoms with Gasteiger partial charge in [0.15, 0.2) is 6.61 Å². The maximum absolute atomic E-state index is 12.4. The molecule has 2 aromatic rings. The van der Waals surface area contributed by atoms with Crippen molar-refractivity contribution in [3.05, 3.63) is 60.2 Å². The van der Waals surface area contributed by atoms with Gasteiger partial charge in [-0.1, -0.05) is 30.3 Å². The Morgan fingerprint density at radius 3 is 2.62 bits per heavy atom. The summed E-state index contributed by atoms with van der Waals surface area (Å²) in [6, 6.07) is 16.0. The van der Waals surface area contributed by atoms with E-state index in [-0.39, 0.29) is 24.5 Å². The average Bonchev–Trinajstić information content (AvgIpc) is 3.19. The molecule has 0 saturated carbocycles. The van der Waals surface area contributed by atoms with Crippen molar-refractivity contribution < 1.29 is 19.1 Å². The summed E-state index contributed by atoms with van der Waals surface area (Å²) < 4.78 is 10.9. The van der Waals surface area contributed by atoms with Crippen molar-refractivity contribution in [3.8, 4) is 5.75 Å². The fourth-order valence-electron chi connectivity index (χ4n) is 2.75. The zero-order valence-corrected chi connectivity index (χ0v) is 14.4. The van der Waals surface area contributed by atoms with Crippen molar-refractivity contribution >= 4 is 17.5 Å². The summed E-state index contributed by atoms with van der Waals surface area (Å²) in [4.78, 5) is 24.6. The first-order valence-corrected chi connectivity index (χ1v) is 8.69. The van der Waals surface area contributed by atoms with E-state index in [1.807, 2.05) is 18.2 Å². The highest BCUT2D eigenvalue weighted by Crippen LogP contribution is 2.16. The number of ether oxygens (including phenoxy) is 2. The number of nitrogens with one attached hydrogen (secondary N) is 2. The lowest BCUT2D eigenvalue weighted by molar-refractivity contribution is -0.118. The third-order valence-corrected chi connectivity index (χ3v) is 4.07. The minimum absolute atomic E-state index is 0.0694. The van der Waals surface area contributed by atoms with Crippen molar-refractivity contribution in [3.63, 3.8) is 0 Å². The van der Waals surface area contributed by atoms with Crippen LogP contribution in [0.15, 0.2) is 54.6 Å². The molecule has 1 heterocycles. The lowest BCUT2D eigenvalue weighted by atomic mass is 10.1. The second kappa shape index (κ2) is 9.01. The Kier molecular flexibility index (Phi) is 6.22. The molecule has 3 rings (SSSR count). The largest absolute Gasteiger partial charge is 0.484 e. The van der Waals surface area contributed by atoms with E-state index in [0.717, 1.165) is 19.4 Å². The number of rotatable bonds is 7. The van der Waals surface area contributed by atoms with Crippen LogP contribution in [0.5, 0.6) is 5.75 Å². The summed E-state index contributed by atoms with van der Waals surface area (Å²) in [6.07, 6.45) is 2.05. The number of benzene rings is 2. The summed E-state index contributed by atoms with van der Waals surface area (Å²) in [5.74, 6) is 0.0545. The highest BCUT2D eigenvalue weighted by Gasteiger charge is 2.18. The Morgan fingerprint density at radius 2 is 1.85 bits per heavy atom. The predicted octanol–water partition coefficient (Wildman–Crippen LogP) is 2.61. The molecule has 0 spiro atoms. The van der Waals surface area contributed by atoms with E-state index in [9.17, 15) is 9.59 Å². The van der Waals surface area contributed by atoms with Crippen LogP contribution in [0, 0.1) is 0 Å². The van der Waals surface area contributed by atoms with Crippen LogP contribution in [0.3, 0.4) is 0 Å². The molecule has 136 valence electrons. The molecule has 1 saturated heterocycles. The lowest BCUT2D eigenvalue weighted by Crippen LogP contribution is -2.32. The number of hydrogen-bond acceptors (Lipinski definition) is 4. The predicted molar refractivity (Wildman–Crippen MR) is 98.3 cm³/mol. The zero-order chi connectivity index (χ0) is 18.2. The minimum atomic E-state index is -0.326. The van der Waals surface area contributed by atoms with E-state index >= 15 is 0 Å². The number of hydrogen-bond donors (Lipinski definition) is 2. The second-order valence-corrected chi connectivity index (χ2v) is 6.04. The van der Waals surface area contributed by atoms with Gasteiger partial charge in [-0.25, -0.2) is 0 Å². The molecule has 2 aromatic carbocycles. The molecule has 0 aliphatic carbocycles. The summed E-state index contributed by atoms with van der Waals surface area (Å²) in [5, 5.41) is 5.60. The number of carbonyl (C=O) groups is 2. The van der Waals surface area contributed by atoms with E-state index in [2.05, 4.69) is 10.6 Å². The van der Waals surface area contributed by atoms with Crippen LogP contribution in [0.2, 0.25) is 0 Å². The van der Waals surface area contributed by atoms with Crippen LogP contribution in [-0.2, 0) is 9.53 Å². The Labute approximate surface area is 152 Å². The minimum Gasteiger partial charge on any atom is -0.484 e. The lowest BCUT2D eigenvalue weighted by Gasteiger charge is -2.14. The molecule has 6 heteroatoms. The Bertz CT molecular complexity index is 742. The van der Waals surface area contributed by atoms with Crippen molar-refractivity contribution in [1.82, 2.24) is 5.32 Å². The highest BCUT2D eigenvalue weighted by atomic mass is 16.5. The van der Waals surface area contributed by atoms with Gasteiger partial charge in [-0.05, 0) is 37.1 Å². The van der Waals surface area contributed by atoms with Gasteiger partial charge in [-0.3, -0.25) is 9.59 Å². The Balaban J connectivity index is 1.55. The third-order valence-electron chi connectivity index (χ3n) is 4.07. The molecule has 26 heavy (non-hydrogen) atoms. The van der Waals surface area contributed by atoms with Gasteiger partial charge in [0.25, 0.3) is 11.8 Å². The van der Waals surface area contributed by atoms with E-state index in [4.69, 9.17) is 9.47 Å². The smallest absolute Gasteiger partial charge is 0.262 e. The first-order chi connectivity index (χ1) is 12.7. The molecule has 6 nitrogen and oxygen atoms in total. The molecule has 2 amide bonds. The summed E-state index contributed by atoms with van der Waals surface area (Å²) in [5.41, 5.74) is 0.873. The van der Waals surface area contributed by atoms with Gasteiger partial charge >= 0.3 is 0 Å². The Morgan fingerprint density at radius 1 is 1.08 bits per heavy atom. The van der Waals surface area contributed by atoms with Crippen LogP contribution in [-0.4, -0.2) is 37.7 Å². The number of carbonyl (C=O) groups excluding carboxylic acids is 2. The summed E-state index contributed by atoms with van der Waals surface area (Å²) >= 11 is 0. The van der Waals surface area contributed by atoms with Crippen LogP contribution in [0.25, 0.3) is 0 Å². The Hall–Kier alpha value is -2.86. The van der Waals surface area contributed by atoms with E-state index in [1.54, 1.807) is 36.4 Å². The van der Waals surface area contributed by atoms with Crippen molar-refractivity contribution in [2.45, 2.75) is 18.9 Å². The molecule has 0 bridgehead atoms. The van der Waals surface area contributed by atoms with Gasteiger partial charge in [0.05, 0.1) is 17.4 Å². The van der Waals surface area contributed by atoms with Gasteiger partial charge in [-0.15, -0.1) is 0 Å². The van der Waals surface area contributed by atoms with Crippen molar-refractivity contribution in [2.75, 3.05) is 25.1 Å². The first-order valence-electron chi connectivity index (χ1n) is 8.69. The molecule has 1 aliphatic heterocycles. The van der Waals surface area contributed by atoms with Gasteiger partial charge < -0.3 is 20.1 Å². The monoisotopic (exact) mass is 354 g/mol. The number of amides is 2. The molecule has 1 atom stereocenters. The van der Waals surface area contributed by atoms with Gasteiger partial charge in [-0.2, -0.15) is 0 Å². The van der Waals surface area contributed by atoms with Crippen LogP contribution in [0.4, 0.5) is 5.69 Å². The standard InChI is InChI=1S/C20H22N2O4/c23-19(14-26-15-7-2-1-3-8-15)22-18-11-5-4-10-17(18)20(24)21-13-16-9-6-12-25-16/h1-5,7-8,10-11,16H,6,9,12-14H2,(H,21,24)(H,22,23)/t16-/m0/s1. The molecule has 2 N–H and O–H groups in total. The van der Waals surface area contributed by atoms with E-state index in [1.165, 1.54) is 0 Å². The zero-order valence-electron chi connectivity index (χ0n) is 14.4. The number of anilines is 1.